The molecule has 1 unspecified atom stereocenters. The van der Waals surface area contributed by atoms with Crippen LogP contribution in [-0.4, -0.2) is 23.7 Å². The molecule has 7 heteroatoms. The van der Waals surface area contributed by atoms with E-state index in [2.05, 4.69) is 4.74 Å². The molecule has 0 bridgehead atoms. The lowest BCUT2D eigenvalue weighted by Crippen LogP contribution is -2.59. The zero-order valence-electron chi connectivity index (χ0n) is 9.27. The number of rotatable bonds is 2. The first-order valence-electron chi connectivity index (χ1n) is 4.34. The number of carbonyl (C=O) groups excluding carboxylic acids is 2. The molecule has 94 valence electrons. The third-order valence-electron chi connectivity index (χ3n) is 1.84. The number of halogens is 3. The van der Waals surface area contributed by atoms with Gasteiger partial charge in [-0.05, 0) is 27.7 Å². The van der Waals surface area contributed by atoms with E-state index in [4.69, 9.17) is 0 Å². The Morgan fingerprint density at radius 3 is 1.62 bits per heavy atom. The molecule has 0 aromatic carbocycles. The standard InChI is InChI=1S/C9H13F3O4/c1-7(2,3)6(15)16-8(4,5(13)14)9(10,11)12/h1-4H3,(H,13,14)/p-1. The van der Waals surface area contributed by atoms with Gasteiger partial charge in [-0.15, -0.1) is 0 Å². The first-order valence-corrected chi connectivity index (χ1v) is 4.34. The van der Waals surface area contributed by atoms with Crippen molar-refractivity contribution in [1.29, 1.82) is 0 Å². The highest BCUT2D eigenvalue weighted by Crippen LogP contribution is 2.35. The Labute approximate surface area is 90.4 Å². The first-order chi connectivity index (χ1) is 6.82. The van der Waals surface area contributed by atoms with Gasteiger partial charge in [-0.3, -0.25) is 4.79 Å². The van der Waals surface area contributed by atoms with E-state index in [0.717, 1.165) is 0 Å². The zero-order chi connectivity index (χ0) is 13.4. The number of hydrogen-bond donors (Lipinski definition) is 0. The van der Waals surface area contributed by atoms with Crippen molar-refractivity contribution in [2.45, 2.75) is 39.5 Å². The van der Waals surface area contributed by atoms with Crippen LogP contribution >= 0.6 is 0 Å². The molecule has 0 radical (unpaired) electrons. The summed E-state index contributed by atoms with van der Waals surface area (Å²) in [4.78, 5) is 21.6. The number of ether oxygens (including phenoxy) is 1. The molecule has 0 aliphatic rings. The topological polar surface area (TPSA) is 66.4 Å². The molecule has 0 saturated carbocycles. The number of aliphatic carboxylic acids is 1. The molecule has 4 nitrogen and oxygen atoms in total. The Hall–Kier alpha value is -1.27. The molecule has 0 amide bonds. The molecule has 0 aliphatic carbocycles. The van der Waals surface area contributed by atoms with Crippen molar-refractivity contribution in [3.8, 4) is 0 Å². The van der Waals surface area contributed by atoms with E-state index in [1.807, 2.05) is 0 Å². The normalized spacial score (nSPS) is 16.4. The third kappa shape index (κ3) is 2.86. The summed E-state index contributed by atoms with van der Waals surface area (Å²) in [6.45, 7) is 4.16. The maximum absolute atomic E-state index is 12.4. The van der Waals surface area contributed by atoms with Gasteiger partial charge in [-0.1, -0.05) is 0 Å². The fourth-order valence-electron chi connectivity index (χ4n) is 0.554. The molecule has 1 atom stereocenters. The van der Waals surface area contributed by atoms with E-state index in [1.165, 1.54) is 20.8 Å². The van der Waals surface area contributed by atoms with Gasteiger partial charge < -0.3 is 14.6 Å². The van der Waals surface area contributed by atoms with Crippen molar-refractivity contribution in [3.05, 3.63) is 0 Å². The van der Waals surface area contributed by atoms with Gasteiger partial charge in [0.2, 0.25) is 5.60 Å². The molecule has 0 saturated heterocycles. The van der Waals surface area contributed by atoms with Gasteiger partial charge >= 0.3 is 12.1 Å². The number of alkyl halides is 3. The van der Waals surface area contributed by atoms with Gasteiger partial charge in [0, 0.05) is 0 Å². The predicted molar refractivity (Wildman–Crippen MR) is 45.0 cm³/mol. The van der Waals surface area contributed by atoms with Gasteiger partial charge in [-0.2, -0.15) is 13.2 Å². The van der Waals surface area contributed by atoms with Crippen LogP contribution in [0.5, 0.6) is 0 Å². The van der Waals surface area contributed by atoms with Crippen LogP contribution < -0.4 is 5.11 Å². The maximum Gasteiger partial charge on any atom is 0.433 e. The Balaban J connectivity index is 5.15. The second-order valence-corrected chi connectivity index (χ2v) is 4.46. The summed E-state index contributed by atoms with van der Waals surface area (Å²) in [5.74, 6) is -3.77. The summed E-state index contributed by atoms with van der Waals surface area (Å²) >= 11 is 0. The minimum absolute atomic E-state index is 0.242. The molecular formula is C9H12F3O4-. The third-order valence-corrected chi connectivity index (χ3v) is 1.84. The number of hydrogen-bond acceptors (Lipinski definition) is 4. The SMILES string of the molecule is CC(C)(C)C(=O)OC(C)(C(=O)[O-])C(F)(F)F. The van der Waals surface area contributed by atoms with E-state index < -0.39 is 29.1 Å². The number of esters is 1. The lowest BCUT2D eigenvalue weighted by atomic mass is 9.96. The maximum atomic E-state index is 12.4. The average molecular weight is 241 g/mol. The van der Waals surface area contributed by atoms with E-state index in [-0.39, 0.29) is 6.92 Å². The van der Waals surface area contributed by atoms with Crippen molar-refractivity contribution < 1.29 is 32.6 Å². The summed E-state index contributed by atoms with van der Waals surface area (Å²) in [6.07, 6.45) is -5.23. The van der Waals surface area contributed by atoms with Crippen molar-refractivity contribution >= 4 is 11.9 Å². The quantitative estimate of drug-likeness (QED) is 0.665. The van der Waals surface area contributed by atoms with Crippen LogP contribution in [0.3, 0.4) is 0 Å². The van der Waals surface area contributed by atoms with E-state index in [0.29, 0.717) is 0 Å². The van der Waals surface area contributed by atoms with Gasteiger partial charge in [0.15, 0.2) is 0 Å². The lowest BCUT2D eigenvalue weighted by molar-refractivity contribution is -0.353. The Morgan fingerprint density at radius 2 is 1.44 bits per heavy atom. The Morgan fingerprint density at radius 1 is 1.06 bits per heavy atom. The highest BCUT2D eigenvalue weighted by atomic mass is 19.4. The van der Waals surface area contributed by atoms with Gasteiger partial charge in [0.25, 0.3) is 0 Å². The van der Waals surface area contributed by atoms with E-state index in [1.54, 1.807) is 0 Å². The van der Waals surface area contributed by atoms with E-state index >= 15 is 0 Å². The van der Waals surface area contributed by atoms with Crippen molar-refractivity contribution in [1.82, 2.24) is 0 Å². The van der Waals surface area contributed by atoms with Crippen LogP contribution in [-0.2, 0) is 14.3 Å². The zero-order valence-corrected chi connectivity index (χ0v) is 9.27. The lowest BCUT2D eigenvalue weighted by Gasteiger charge is -2.34. The molecular weight excluding hydrogens is 229 g/mol. The molecule has 0 heterocycles. The summed E-state index contributed by atoms with van der Waals surface area (Å²) in [7, 11) is 0. The Bertz CT molecular complexity index is 303. The predicted octanol–water partition coefficient (Wildman–Crippen LogP) is 0.647. The van der Waals surface area contributed by atoms with E-state index in [9.17, 15) is 27.9 Å². The fourth-order valence-corrected chi connectivity index (χ4v) is 0.554. The summed E-state index contributed by atoms with van der Waals surface area (Å²) in [5.41, 5.74) is -4.86. The number of carboxylic acid groups (broad SMARTS) is 1. The van der Waals surface area contributed by atoms with Gasteiger partial charge in [0.05, 0.1) is 11.4 Å². The van der Waals surface area contributed by atoms with Crippen LogP contribution in [0.25, 0.3) is 0 Å². The van der Waals surface area contributed by atoms with Crippen LogP contribution in [0.15, 0.2) is 0 Å². The highest BCUT2D eigenvalue weighted by molar-refractivity contribution is 5.83. The summed E-state index contributed by atoms with van der Waals surface area (Å²) in [5, 5.41) is 10.4. The van der Waals surface area contributed by atoms with Crippen LogP contribution in [0.1, 0.15) is 27.7 Å². The van der Waals surface area contributed by atoms with Crippen LogP contribution in [0.2, 0.25) is 0 Å². The molecule has 0 aliphatic heterocycles. The Kier molecular flexibility index (Phi) is 3.64. The molecule has 0 aromatic heterocycles. The fraction of sp³-hybridized carbons (Fsp3) is 0.778. The van der Waals surface area contributed by atoms with Crippen LogP contribution in [0, 0.1) is 5.41 Å². The average Bonchev–Trinajstić information content (AvgIpc) is 1.99. The summed E-state index contributed by atoms with van der Waals surface area (Å²) < 4.78 is 41.2. The van der Waals surface area contributed by atoms with Crippen molar-refractivity contribution in [3.63, 3.8) is 0 Å². The molecule has 0 spiro atoms. The minimum Gasteiger partial charge on any atom is -0.545 e. The molecule has 0 N–H and O–H groups in total. The summed E-state index contributed by atoms with van der Waals surface area (Å²) in [6, 6.07) is 0. The van der Waals surface area contributed by atoms with Crippen molar-refractivity contribution in [2.24, 2.45) is 5.41 Å². The van der Waals surface area contributed by atoms with Gasteiger partial charge in [0.1, 0.15) is 0 Å². The molecule has 0 aromatic rings. The molecule has 16 heavy (non-hydrogen) atoms. The molecule has 0 fully saturated rings. The number of carboxylic acids is 1. The monoisotopic (exact) mass is 241 g/mol. The van der Waals surface area contributed by atoms with Gasteiger partial charge in [-0.25, -0.2) is 0 Å². The van der Waals surface area contributed by atoms with Crippen LogP contribution in [0.4, 0.5) is 13.2 Å². The minimum atomic E-state index is -5.23. The largest absolute Gasteiger partial charge is 0.545 e. The highest BCUT2D eigenvalue weighted by Gasteiger charge is 2.56. The second-order valence-electron chi connectivity index (χ2n) is 4.46. The first kappa shape index (κ1) is 14.7. The smallest absolute Gasteiger partial charge is 0.433 e. The number of carbonyl (C=O) groups is 2. The second kappa shape index (κ2) is 3.95. The van der Waals surface area contributed by atoms with Crippen molar-refractivity contribution in [2.75, 3.05) is 0 Å². The molecule has 0 rings (SSSR count).